The van der Waals surface area contributed by atoms with E-state index in [2.05, 4.69) is 27.3 Å². The lowest BCUT2D eigenvalue weighted by Crippen LogP contribution is -2.15. The first-order valence-corrected chi connectivity index (χ1v) is 11.3. The number of rotatable bonds is 8. The number of nitrogens with one attached hydrogen (secondary N) is 1. The molecule has 7 heteroatoms. The minimum Gasteiger partial charge on any atom is -0.504 e. The molecule has 0 saturated carbocycles. The molecule has 0 spiro atoms. The number of phenols is 1. The lowest BCUT2D eigenvalue weighted by molar-refractivity contribution is -0.107. The second kappa shape index (κ2) is 10.2. The van der Waals surface area contributed by atoms with Crippen molar-refractivity contribution in [1.29, 1.82) is 0 Å². The highest BCUT2D eigenvalue weighted by molar-refractivity contribution is 6.32. The summed E-state index contributed by atoms with van der Waals surface area (Å²) in [4.78, 5) is 18.0. The van der Waals surface area contributed by atoms with Gasteiger partial charge in [0.25, 0.3) is 0 Å². The zero-order chi connectivity index (χ0) is 24.2. The second-order valence-corrected chi connectivity index (χ2v) is 8.84. The number of likely N-dealkylation sites (N-methyl/N-ethyl adjacent to an activating group) is 1. The summed E-state index contributed by atoms with van der Waals surface area (Å²) in [6, 6.07) is 16.5. The Morgan fingerprint density at radius 1 is 1.12 bits per heavy atom. The van der Waals surface area contributed by atoms with Crippen molar-refractivity contribution < 1.29 is 14.3 Å². The minimum atomic E-state index is -0.789. The molecule has 0 bridgehead atoms. The number of anilines is 2. The van der Waals surface area contributed by atoms with Gasteiger partial charge >= 0.3 is 0 Å². The fraction of sp³-hybridized carbons (Fsp3) is 0.185. The Labute approximate surface area is 202 Å². The highest BCUT2D eigenvalue weighted by Crippen LogP contribution is 2.36. The van der Waals surface area contributed by atoms with Crippen LogP contribution in [0.25, 0.3) is 22.0 Å². The van der Waals surface area contributed by atoms with E-state index in [1.54, 1.807) is 6.20 Å². The van der Waals surface area contributed by atoms with Crippen LogP contribution in [0.4, 0.5) is 15.8 Å². The Morgan fingerprint density at radius 2 is 1.94 bits per heavy atom. The van der Waals surface area contributed by atoms with Gasteiger partial charge in [-0.15, -0.1) is 0 Å². The first-order chi connectivity index (χ1) is 16.4. The van der Waals surface area contributed by atoms with E-state index in [0.717, 1.165) is 47.1 Å². The molecule has 2 N–H and O–H groups in total. The maximum absolute atomic E-state index is 14.1. The molecule has 0 atom stereocenters. The number of hydrogen-bond acceptors (Lipinski definition) is 5. The van der Waals surface area contributed by atoms with Crippen LogP contribution in [0.3, 0.4) is 0 Å². The highest BCUT2D eigenvalue weighted by Gasteiger charge is 2.14. The predicted molar refractivity (Wildman–Crippen MR) is 136 cm³/mol. The molecule has 3 aromatic carbocycles. The lowest BCUT2D eigenvalue weighted by Gasteiger charge is -2.16. The van der Waals surface area contributed by atoms with Crippen molar-refractivity contribution >= 4 is 40.2 Å². The van der Waals surface area contributed by atoms with Crippen molar-refractivity contribution in [2.45, 2.75) is 12.8 Å². The molecule has 0 aliphatic rings. The van der Waals surface area contributed by atoms with Crippen LogP contribution in [-0.4, -0.2) is 41.9 Å². The number of aromatic hydroxyl groups is 1. The second-order valence-electron chi connectivity index (χ2n) is 8.43. The number of carbonyl (C=O) groups is 1. The van der Waals surface area contributed by atoms with Crippen molar-refractivity contribution in [3.05, 3.63) is 82.8 Å². The molecular formula is C27H25ClFN3O2. The van der Waals surface area contributed by atoms with E-state index in [1.165, 1.54) is 17.7 Å². The third-order valence-electron chi connectivity index (χ3n) is 5.64. The molecule has 1 aromatic heterocycles. The van der Waals surface area contributed by atoms with Gasteiger partial charge in [0.15, 0.2) is 11.6 Å². The molecule has 174 valence electrons. The number of benzene rings is 3. The van der Waals surface area contributed by atoms with Gasteiger partial charge in [-0.25, -0.2) is 4.39 Å². The summed E-state index contributed by atoms with van der Waals surface area (Å²) in [5.41, 5.74) is 5.60. The standard InChI is InChI=1S/C27H25ClFN3O2/c1-32(2)10-8-17-4-3-5-21(12-17)31-26-19(9-11-33)16-30-25-7-6-18(13-22(25)26)20-14-23(28)27(34)24(29)15-20/h3-7,11-16,34H,8-10H2,1-2H3,(H,30,31). The Morgan fingerprint density at radius 3 is 2.68 bits per heavy atom. The van der Waals surface area contributed by atoms with E-state index in [0.29, 0.717) is 11.1 Å². The van der Waals surface area contributed by atoms with Gasteiger partial charge in [-0.1, -0.05) is 29.8 Å². The van der Waals surface area contributed by atoms with Gasteiger partial charge in [-0.3, -0.25) is 4.98 Å². The Hall–Kier alpha value is -3.48. The molecule has 0 saturated heterocycles. The molecule has 0 unspecified atom stereocenters. The van der Waals surface area contributed by atoms with Gasteiger partial charge < -0.3 is 20.1 Å². The summed E-state index contributed by atoms with van der Waals surface area (Å²) in [5.74, 6) is -1.36. The topological polar surface area (TPSA) is 65.5 Å². The third-order valence-corrected chi connectivity index (χ3v) is 5.93. The van der Waals surface area contributed by atoms with Gasteiger partial charge in [0, 0.05) is 35.8 Å². The molecule has 0 aliphatic carbocycles. The number of nitrogens with zero attached hydrogens (tertiary/aromatic N) is 2. The maximum Gasteiger partial charge on any atom is 0.170 e. The smallest absolute Gasteiger partial charge is 0.170 e. The van der Waals surface area contributed by atoms with Crippen molar-refractivity contribution in [2.75, 3.05) is 26.0 Å². The quantitative estimate of drug-likeness (QED) is 0.305. The number of fused-ring (bicyclic) bond motifs is 1. The highest BCUT2D eigenvalue weighted by atomic mass is 35.5. The number of carbonyl (C=O) groups excluding carboxylic acids is 1. The molecule has 0 aliphatic heterocycles. The maximum atomic E-state index is 14.1. The number of aldehydes is 1. The van der Waals surface area contributed by atoms with E-state index in [4.69, 9.17) is 11.6 Å². The van der Waals surface area contributed by atoms with Gasteiger partial charge in [-0.2, -0.15) is 0 Å². The van der Waals surface area contributed by atoms with Crippen molar-refractivity contribution in [2.24, 2.45) is 0 Å². The minimum absolute atomic E-state index is 0.0594. The largest absolute Gasteiger partial charge is 0.504 e. The summed E-state index contributed by atoms with van der Waals surface area (Å²) in [5, 5.41) is 13.9. The molecule has 1 heterocycles. The summed E-state index contributed by atoms with van der Waals surface area (Å²) >= 11 is 6.00. The van der Waals surface area contributed by atoms with Gasteiger partial charge in [0.05, 0.1) is 16.2 Å². The zero-order valence-electron chi connectivity index (χ0n) is 19.0. The number of phenolic OH excluding ortho intramolecular Hbond substituents is 1. The van der Waals surface area contributed by atoms with Gasteiger partial charge in [0.1, 0.15) is 6.29 Å². The summed E-state index contributed by atoms with van der Waals surface area (Å²) in [6.07, 6.45) is 3.67. The van der Waals surface area contributed by atoms with E-state index in [1.807, 2.05) is 44.4 Å². The normalized spacial score (nSPS) is 11.2. The Balaban J connectivity index is 1.80. The van der Waals surface area contributed by atoms with Crippen molar-refractivity contribution in [3.8, 4) is 16.9 Å². The van der Waals surface area contributed by atoms with E-state index in [9.17, 15) is 14.3 Å². The molecule has 5 nitrogen and oxygen atoms in total. The summed E-state index contributed by atoms with van der Waals surface area (Å²) in [7, 11) is 4.09. The van der Waals surface area contributed by atoms with Crippen LogP contribution >= 0.6 is 11.6 Å². The fourth-order valence-corrected chi connectivity index (χ4v) is 4.05. The molecule has 0 fully saturated rings. The van der Waals surface area contributed by atoms with Crippen LogP contribution in [0.1, 0.15) is 11.1 Å². The van der Waals surface area contributed by atoms with Gasteiger partial charge in [-0.05, 0) is 73.6 Å². The van der Waals surface area contributed by atoms with Crippen LogP contribution < -0.4 is 5.32 Å². The Kier molecular flexibility index (Phi) is 7.10. The summed E-state index contributed by atoms with van der Waals surface area (Å²) in [6.45, 7) is 0.938. The van der Waals surface area contributed by atoms with Crippen LogP contribution in [0.2, 0.25) is 5.02 Å². The first kappa shape index (κ1) is 23.7. The number of hydrogen-bond donors (Lipinski definition) is 2. The number of aromatic nitrogens is 1. The first-order valence-electron chi connectivity index (χ1n) is 10.9. The molecule has 4 rings (SSSR count). The van der Waals surface area contributed by atoms with Crippen molar-refractivity contribution in [3.63, 3.8) is 0 Å². The van der Waals surface area contributed by atoms with Crippen LogP contribution in [0.15, 0.2) is 60.8 Å². The summed E-state index contributed by atoms with van der Waals surface area (Å²) < 4.78 is 14.1. The zero-order valence-corrected chi connectivity index (χ0v) is 19.7. The average Bonchev–Trinajstić information content (AvgIpc) is 2.82. The third kappa shape index (κ3) is 5.19. The molecule has 0 amide bonds. The molecule has 34 heavy (non-hydrogen) atoms. The molecule has 0 radical (unpaired) electrons. The lowest BCUT2D eigenvalue weighted by atomic mass is 10.00. The van der Waals surface area contributed by atoms with Crippen LogP contribution in [0.5, 0.6) is 5.75 Å². The van der Waals surface area contributed by atoms with E-state index < -0.39 is 11.6 Å². The van der Waals surface area contributed by atoms with Crippen LogP contribution in [0, 0.1) is 5.82 Å². The fourth-order valence-electron chi connectivity index (χ4n) is 3.84. The SMILES string of the molecule is CN(C)CCc1cccc(Nc2c(CC=O)cnc3ccc(-c4cc(F)c(O)c(Cl)c4)cc23)c1. The van der Waals surface area contributed by atoms with Gasteiger partial charge in [0.2, 0.25) is 0 Å². The predicted octanol–water partition coefficient (Wildman–Crippen LogP) is 5.99. The number of pyridine rings is 1. The van der Waals surface area contributed by atoms with Crippen molar-refractivity contribution in [1.82, 2.24) is 9.88 Å². The van der Waals surface area contributed by atoms with Crippen LogP contribution in [-0.2, 0) is 17.6 Å². The van der Waals surface area contributed by atoms with E-state index in [-0.39, 0.29) is 11.4 Å². The Bertz CT molecular complexity index is 1330. The molecular weight excluding hydrogens is 453 g/mol. The monoisotopic (exact) mass is 477 g/mol. The number of halogens is 2. The van der Waals surface area contributed by atoms with E-state index >= 15 is 0 Å². The molecule has 4 aromatic rings. The average molecular weight is 478 g/mol.